The van der Waals surface area contributed by atoms with Gasteiger partial charge in [-0.05, 0) is 30.7 Å². The molecule has 0 saturated carbocycles. The van der Waals surface area contributed by atoms with Gasteiger partial charge in [-0.3, -0.25) is 4.90 Å². The van der Waals surface area contributed by atoms with Crippen molar-refractivity contribution in [2.45, 2.75) is 46.2 Å². The van der Waals surface area contributed by atoms with Crippen molar-refractivity contribution in [1.29, 1.82) is 0 Å². The highest BCUT2D eigenvalue weighted by molar-refractivity contribution is 5.14. The van der Waals surface area contributed by atoms with Crippen molar-refractivity contribution >= 4 is 0 Å². The number of nitrogens with zero attached hydrogens (tertiary/aromatic N) is 1. The van der Waals surface area contributed by atoms with Crippen molar-refractivity contribution in [1.82, 2.24) is 4.90 Å². The second-order valence-corrected chi connectivity index (χ2v) is 5.94. The first-order valence-electron chi connectivity index (χ1n) is 6.35. The Balaban J connectivity index is 2.03. The molecular formula is C15H23N. The lowest BCUT2D eigenvalue weighted by Gasteiger charge is -2.42. The van der Waals surface area contributed by atoms with E-state index in [0.717, 1.165) is 12.6 Å². The van der Waals surface area contributed by atoms with Crippen LogP contribution in [-0.4, -0.2) is 17.5 Å². The molecule has 1 saturated heterocycles. The summed E-state index contributed by atoms with van der Waals surface area (Å²) >= 11 is 0. The van der Waals surface area contributed by atoms with Gasteiger partial charge in [0.2, 0.25) is 0 Å². The predicted molar refractivity (Wildman–Crippen MR) is 69.3 cm³/mol. The summed E-state index contributed by atoms with van der Waals surface area (Å²) in [5.74, 6) is 0. The zero-order valence-corrected chi connectivity index (χ0v) is 10.7. The van der Waals surface area contributed by atoms with Crippen LogP contribution in [0.2, 0.25) is 0 Å². The fourth-order valence-corrected chi connectivity index (χ4v) is 2.60. The summed E-state index contributed by atoms with van der Waals surface area (Å²) in [6, 6.07) is 11.5. The predicted octanol–water partition coefficient (Wildman–Crippen LogP) is 3.70. The van der Waals surface area contributed by atoms with Crippen molar-refractivity contribution in [3.8, 4) is 0 Å². The maximum absolute atomic E-state index is 2.62. The Morgan fingerprint density at radius 2 is 1.94 bits per heavy atom. The van der Waals surface area contributed by atoms with Crippen molar-refractivity contribution in [2.24, 2.45) is 5.41 Å². The summed E-state index contributed by atoms with van der Waals surface area (Å²) in [4.78, 5) is 2.62. The van der Waals surface area contributed by atoms with Crippen LogP contribution < -0.4 is 0 Å². The molecule has 16 heavy (non-hydrogen) atoms. The molecule has 88 valence electrons. The minimum absolute atomic E-state index is 0.487. The molecule has 0 radical (unpaired) electrons. The van der Waals surface area contributed by atoms with E-state index in [9.17, 15) is 0 Å². The molecule has 0 amide bonds. The first-order chi connectivity index (χ1) is 7.57. The first kappa shape index (κ1) is 11.7. The van der Waals surface area contributed by atoms with E-state index >= 15 is 0 Å². The Morgan fingerprint density at radius 1 is 1.25 bits per heavy atom. The summed E-state index contributed by atoms with van der Waals surface area (Å²) in [5, 5.41) is 0. The minimum Gasteiger partial charge on any atom is -0.296 e. The lowest BCUT2D eigenvalue weighted by molar-refractivity contribution is 0.0654. The highest BCUT2D eigenvalue weighted by atomic mass is 15.2. The molecular weight excluding hydrogens is 194 g/mol. The van der Waals surface area contributed by atoms with Gasteiger partial charge in [0.1, 0.15) is 0 Å². The van der Waals surface area contributed by atoms with Crippen molar-refractivity contribution in [3.63, 3.8) is 0 Å². The standard InChI is InChI=1S/C15H23N/c1-13-9-10-15(2,3)12-16(13)11-14-7-5-4-6-8-14/h4-8,13H,9-12H2,1-3H3. The zero-order valence-electron chi connectivity index (χ0n) is 10.7. The van der Waals surface area contributed by atoms with Crippen LogP contribution in [0, 0.1) is 5.41 Å². The summed E-state index contributed by atoms with van der Waals surface area (Å²) in [6.45, 7) is 9.46. The SMILES string of the molecule is CC1CCC(C)(C)CN1Cc1ccccc1. The van der Waals surface area contributed by atoms with E-state index in [-0.39, 0.29) is 0 Å². The van der Waals surface area contributed by atoms with E-state index in [1.54, 1.807) is 0 Å². The molecule has 0 aromatic heterocycles. The monoisotopic (exact) mass is 217 g/mol. The molecule has 1 aromatic carbocycles. The molecule has 1 aromatic rings. The molecule has 0 bridgehead atoms. The molecule has 1 heteroatoms. The van der Waals surface area contributed by atoms with Crippen LogP contribution in [-0.2, 0) is 6.54 Å². The van der Waals surface area contributed by atoms with Crippen molar-refractivity contribution < 1.29 is 0 Å². The number of likely N-dealkylation sites (tertiary alicyclic amines) is 1. The molecule has 1 nitrogen and oxygen atoms in total. The van der Waals surface area contributed by atoms with Crippen LogP contribution in [0.4, 0.5) is 0 Å². The van der Waals surface area contributed by atoms with Gasteiger partial charge in [0.15, 0.2) is 0 Å². The van der Waals surface area contributed by atoms with E-state index in [1.807, 2.05) is 0 Å². The van der Waals surface area contributed by atoms with Crippen LogP contribution in [0.1, 0.15) is 39.2 Å². The maximum Gasteiger partial charge on any atom is 0.0236 e. The molecule has 1 aliphatic heterocycles. The highest BCUT2D eigenvalue weighted by Gasteiger charge is 2.30. The van der Waals surface area contributed by atoms with Crippen LogP contribution in [0.5, 0.6) is 0 Å². The molecule has 1 atom stereocenters. The van der Waals surface area contributed by atoms with Gasteiger partial charge in [-0.1, -0.05) is 44.2 Å². The quantitative estimate of drug-likeness (QED) is 0.730. The van der Waals surface area contributed by atoms with Gasteiger partial charge in [0.05, 0.1) is 0 Å². The number of hydrogen-bond donors (Lipinski definition) is 0. The summed E-state index contributed by atoms with van der Waals surface area (Å²) < 4.78 is 0. The average molecular weight is 217 g/mol. The van der Waals surface area contributed by atoms with Crippen molar-refractivity contribution in [2.75, 3.05) is 6.54 Å². The Morgan fingerprint density at radius 3 is 2.62 bits per heavy atom. The summed E-state index contributed by atoms with van der Waals surface area (Å²) in [5.41, 5.74) is 1.92. The highest BCUT2D eigenvalue weighted by Crippen LogP contribution is 2.32. The number of benzene rings is 1. The fraction of sp³-hybridized carbons (Fsp3) is 0.600. The van der Waals surface area contributed by atoms with Gasteiger partial charge in [0, 0.05) is 19.1 Å². The Bertz CT molecular complexity index is 329. The van der Waals surface area contributed by atoms with E-state index in [0.29, 0.717) is 5.41 Å². The third-order valence-corrected chi connectivity index (χ3v) is 3.72. The zero-order chi connectivity index (χ0) is 11.6. The maximum atomic E-state index is 2.62. The van der Waals surface area contributed by atoms with Gasteiger partial charge in [-0.25, -0.2) is 0 Å². The fourth-order valence-electron chi connectivity index (χ4n) is 2.60. The van der Waals surface area contributed by atoms with E-state index in [4.69, 9.17) is 0 Å². The molecule has 1 heterocycles. The Kier molecular flexibility index (Phi) is 3.34. The number of rotatable bonds is 2. The number of hydrogen-bond acceptors (Lipinski definition) is 1. The third kappa shape index (κ3) is 2.85. The molecule has 1 unspecified atom stereocenters. The third-order valence-electron chi connectivity index (χ3n) is 3.72. The first-order valence-corrected chi connectivity index (χ1v) is 6.35. The Hall–Kier alpha value is -0.820. The van der Waals surface area contributed by atoms with Crippen LogP contribution in [0.25, 0.3) is 0 Å². The smallest absolute Gasteiger partial charge is 0.0236 e. The largest absolute Gasteiger partial charge is 0.296 e. The molecule has 2 rings (SSSR count). The lowest BCUT2D eigenvalue weighted by Crippen LogP contribution is -2.44. The van der Waals surface area contributed by atoms with Gasteiger partial charge in [-0.2, -0.15) is 0 Å². The number of piperidine rings is 1. The minimum atomic E-state index is 0.487. The Labute approximate surface area is 99.5 Å². The molecule has 0 aliphatic carbocycles. The second kappa shape index (κ2) is 4.58. The summed E-state index contributed by atoms with van der Waals surface area (Å²) in [7, 11) is 0. The molecule has 0 N–H and O–H groups in total. The van der Waals surface area contributed by atoms with Gasteiger partial charge < -0.3 is 0 Å². The average Bonchev–Trinajstić information content (AvgIpc) is 2.25. The van der Waals surface area contributed by atoms with Crippen LogP contribution in [0.15, 0.2) is 30.3 Å². The van der Waals surface area contributed by atoms with Gasteiger partial charge >= 0.3 is 0 Å². The van der Waals surface area contributed by atoms with Crippen LogP contribution >= 0.6 is 0 Å². The lowest BCUT2D eigenvalue weighted by atomic mass is 9.81. The molecule has 0 spiro atoms. The van der Waals surface area contributed by atoms with Gasteiger partial charge in [0.25, 0.3) is 0 Å². The van der Waals surface area contributed by atoms with E-state index in [1.165, 1.54) is 24.9 Å². The normalized spacial score (nSPS) is 25.6. The topological polar surface area (TPSA) is 3.24 Å². The molecule has 1 aliphatic rings. The van der Waals surface area contributed by atoms with E-state index < -0.39 is 0 Å². The van der Waals surface area contributed by atoms with Gasteiger partial charge in [-0.15, -0.1) is 0 Å². The molecule has 1 fully saturated rings. The van der Waals surface area contributed by atoms with Crippen molar-refractivity contribution in [3.05, 3.63) is 35.9 Å². The second-order valence-electron chi connectivity index (χ2n) is 5.94. The van der Waals surface area contributed by atoms with Crippen LogP contribution in [0.3, 0.4) is 0 Å². The summed E-state index contributed by atoms with van der Waals surface area (Å²) in [6.07, 6.45) is 2.69. The van der Waals surface area contributed by atoms with E-state index in [2.05, 4.69) is 56.0 Å².